The van der Waals surface area contributed by atoms with Crippen LogP contribution in [0.25, 0.3) is 0 Å². The maximum absolute atomic E-state index is 11.4. The molecule has 2 fully saturated rings. The molecule has 3 aromatic carbocycles. The lowest BCUT2D eigenvalue weighted by atomic mass is 9.68. The van der Waals surface area contributed by atoms with Gasteiger partial charge in [-0.05, 0) is 90.0 Å². The molecule has 2 bridgehead atoms. The molecule has 0 radical (unpaired) electrons. The third-order valence-corrected chi connectivity index (χ3v) is 8.07. The number of nitrogens with zero attached hydrogens (tertiary/aromatic N) is 2. The van der Waals surface area contributed by atoms with Gasteiger partial charge in [0.25, 0.3) is 11.4 Å². The summed E-state index contributed by atoms with van der Waals surface area (Å²) in [6.07, 6.45) is 3.63. The average molecular weight is 472 g/mol. The Morgan fingerprint density at radius 1 is 0.857 bits per heavy atom. The smallest absolute Gasteiger partial charge is 0.269 e. The molecule has 0 spiro atoms. The molecular formula is C27H25N3O5. The van der Waals surface area contributed by atoms with E-state index in [9.17, 15) is 20.2 Å². The van der Waals surface area contributed by atoms with Crippen LogP contribution in [0.3, 0.4) is 0 Å². The minimum absolute atomic E-state index is 0.0631. The molecule has 2 aliphatic carbocycles. The number of non-ortho nitro benzene ring substituents is 2. The van der Waals surface area contributed by atoms with Gasteiger partial charge in [-0.25, -0.2) is 0 Å². The van der Waals surface area contributed by atoms with Crippen molar-refractivity contribution in [3.8, 4) is 5.75 Å². The number of benzene rings is 3. The summed E-state index contributed by atoms with van der Waals surface area (Å²) in [5.41, 5.74) is 4.40. The number of ether oxygens (including phenoxy) is 1. The van der Waals surface area contributed by atoms with E-state index in [1.807, 2.05) is 18.2 Å². The maximum atomic E-state index is 11.4. The van der Waals surface area contributed by atoms with Gasteiger partial charge in [0.1, 0.15) is 12.4 Å². The number of nitrogens with one attached hydrogen (secondary N) is 1. The summed E-state index contributed by atoms with van der Waals surface area (Å²) < 4.78 is 5.91. The topological polar surface area (TPSA) is 108 Å². The van der Waals surface area contributed by atoms with Crippen LogP contribution in [0.5, 0.6) is 5.75 Å². The summed E-state index contributed by atoms with van der Waals surface area (Å²) in [4.78, 5) is 21.5. The largest absolute Gasteiger partial charge is 0.489 e. The molecule has 0 amide bonds. The molecule has 0 saturated heterocycles. The van der Waals surface area contributed by atoms with Crippen LogP contribution in [0.2, 0.25) is 0 Å². The van der Waals surface area contributed by atoms with Gasteiger partial charge in [0.2, 0.25) is 0 Å². The van der Waals surface area contributed by atoms with Crippen molar-refractivity contribution in [3.05, 3.63) is 104 Å². The summed E-state index contributed by atoms with van der Waals surface area (Å²) in [6.45, 7) is 0.333. The van der Waals surface area contributed by atoms with Crippen LogP contribution in [0.4, 0.5) is 17.1 Å². The van der Waals surface area contributed by atoms with Gasteiger partial charge in [0, 0.05) is 30.0 Å². The highest BCUT2D eigenvalue weighted by molar-refractivity contribution is 5.62. The van der Waals surface area contributed by atoms with Crippen LogP contribution in [0, 0.1) is 38.0 Å². The lowest BCUT2D eigenvalue weighted by Crippen LogP contribution is -2.35. The van der Waals surface area contributed by atoms with Gasteiger partial charge in [-0.15, -0.1) is 0 Å². The van der Waals surface area contributed by atoms with E-state index in [2.05, 4.69) is 17.4 Å². The van der Waals surface area contributed by atoms with Crippen LogP contribution < -0.4 is 10.1 Å². The number of nitro benzene ring substituents is 2. The Labute approximate surface area is 202 Å². The van der Waals surface area contributed by atoms with Crippen molar-refractivity contribution >= 4 is 17.1 Å². The van der Waals surface area contributed by atoms with Crippen LogP contribution in [0.1, 0.15) is 47.9 Å². The van der Waals surface area contributed by atoms with E-state index in [0.29, 0.717) is 30.3 Å². The minimum atomic E-state index is -0.414. The van der Waals surface area contributed by atoms with E-state index in [0.717, 1.165) is 22.6 Å². The first-order valence-corrected chi connectivity index (χ1v) is 12.0. The SMILES string of the molecule is O=[N+]([O-])c1ccc(COc2ccc([C@@H]3Nc4ccc([N+](=O)[O-])cc4[C@@H]4[C@H]5CC[C@@H](C5)[C@@H]43)cc2)cc1. The molecule has 3 aliphatic rings. The molecule has 2 saturated carbocycles. The molecule has 1 aliphatic heterocycles. The number of hydrogen-bond acceptors (Lipinski definition) is 6. The summed E-state index contributed by atoms with van der Waals surface area (Å²) >= 11 is 0. The third-order valence-electron chi connectivity index (χ3n) is 8.07. The molecule has 8 nitrogen and oxygen atoms in total. The summed E-state index contributed by atoms with van der Waals surface area (Å²) in [6, 6.07) is 19.9. The van der Waals surface area contributed by atoms with E-state index in [1.54, 1.807) is 24.3 Å². The molecule has 0 unspecified atom stereocenters. The van der Waals surface area contributed by atoms with Gasteiger partial charge in [0.05, 0.1) is 15.9 Å². The Hall–Kier alpha value is -3.94. The van der Waals surface area contributed by atoms with E-state index >= 15 is 0 Å². The Morgan fingerprint density at radius 2 is 1.54 bits per heavy atom. The number of fused-ring (bicyclic) bond motifs is 7. The Morgan fingerprint density at radius 3 is 2.26 bits per heavy atom. The zero-order valence-corrected chi connectivity index (χ0v) is 19.0. The predicted molar refractivity (Wildman–Crippen MR) is 130 cm³/mol. The molecule has 1 N–H and O–H groups in total. The molecule has 6 rings (SSSR count). The standard InChI is InChI=1S/C27H25N3O5/c31-29(32)20-7-1-16(2-8-20)15-35-22-10-5-17(6-11-22)27-26-19-4-3-18(13-19)25(26)23-14-21(30(33)34)9-12-24(23)28-27/h1-2,5-12,14,18-19,25-28H,3-4,13,15H2/t18-,19-,25-,26-,27-/m0/s1. The molecule has 5 atom stereocenters. The first kappa shape index (κ1) is 21.6. The second-order valence-corrected chi connectivity index (χ2v) is 9.87. The predicted octanol–water partition coefficient (Wildman–Crippen LogP) is 6.38. The van der Waals surface area contributed by atoms with E-state index in [-0.39, 0.29) is 22.3 Å². The van der Waals surface area contributed by atoms with Crippen molar-refractivity contribution in [3.63, 3.8) is 0 Å². The second-order valence-electron chi connectivity index (χ2n) is 9.87. The minimum Gasteiger partial charge on any atom is -0.489 e. The number of anilines is 1. The molecule has 178 valence electrons. The number of hydrogen-bond donors (Lipinski definition) is 1. The highest BCUT2D eigenvalue weighted by Crippen LogP contribution is 2.63. The second kappa shape index (κ2) is 8.37. The monoisotopic (exact) mass is 471 g/mol. The quantitative estimate of drug-likeness (QED) is 0.330. The molecule has 3 aromatic rings. The van der Waals surface area contributed by atoms with Crippen molar-refractivity contribution < 1.29 is 14.6 Å². The van der Waals surface area contributed by atoms with Crippen molar-refractivity contribution in [2.24, 2.45) is 17.8 Å². The Balaban J connectivity index is 1.22. The van der Waals surface area contributed by atoms with Crippen LogP contribution in [0.15, 0.2) is 66.7 Å². The van der Waals surface area contributed by atoms with Crippen LogP contribution in [-0.4, -0.2) is 9.85 Å². The first-order valence-electron chi connectivity index (χ1n) is 12.0. The lowest BCUT2D eigenvalue weighted by molar-refractivity contribution is -0.385. The number of nitro groups is 2. The van der Waals surface area contributed by atoms with Crippen LogP contribution in [-0.2, 0) is 6.61 Å². The van der Waals surface area contributed by atoms with Gasteiger partial charge >= 0.3 is 0 Å². The van der Waals surface area contributed by atoms with E-state index in [4.69, 9.17) is 4.74 Å². The molecular weight excluding hydrogens is 446 g/mol. The van der Waals surface area contributed by atoms with Crippen molar-refractivity contribution in [2.75, 3.05) is 5.32 Å². The third kappa shape index (κ3) is 3.79. The first-order chi connectivity index (χ1) is 17.0. The molecule has 1 heterocycles. The highest BCUT2D eigenvalue weighted by atomic mass is 16.6. The summed E-state index contributed by atoms with van der Waals surface area (Å²) in [5, 5.41) is 25.9. The van der Waals surface area contributed by atoms with Crippen molar-refractivity contribution in [2.45, 2.75) is 37.8 Å². The maximum Gasteiger partial charge on any atom is 0.269 e. The van der Waals surface area contributed by atoms with E-state index in [1.165, 1.54) is 37.0 Å². The molecule has 0 aromatic heterocycles. The zero-order chi connectivity index (χ0) is 24.1. The van der Waals surface area contributed by atoms with Gasteiger partial charge < -0.3 is 10.1 Å². The lowest BCUT2D eigenvalue weighted by Gasteiger charge is -2.43. The Kier molecular flexibility index (Phi) is 5.16. The fourth-order valence-corrected chi connectivity index (χ4v) is 6.57. The van der Waals surface area contributed by atoms with E-state index < -0.39 is 4.92 Å². The summed E-state index contributed by atoms with van der Waals surface area (Å²) in [7, 11) is 0. The molecule has 8 heteroatoms. The molecule has 35 heavy (non-hydrogen) atoms. The highest BCUT2D eigenvalue weighted by Gasteiger charge is 2.54. The fraction of sp³-hybridized carbons (Fsp3) is 0.333. The van der Waals surface area contributed by atoms with Gasteiger partial charge in [0.15, 0.2) is 0 Å². The van der Waals surface area contributed by atoms with Crippen molar-refractivity contribution in [1.29, 1.82) is 0 Å². The Bertz CT molecular complexity index is 1290. The van der Waals surface area contributed by atoms with Gasteiger partial charge in [-0.2, -0.15) is 0 Å². The van der Waals surface area contributed by atoms with Crippen LogP contribution >= 0.6 is 0 Å². The fourth-order valence-electron chi connectivity index (χ4n) is 6.57. The van der Waals surface area contributed by atoms with Gasteiger partial charge in [-0.3, -0.25) is 20.2 Å². The van der Waals surface area contributed by atoms with Gasteiger partial charge in [-0.1, -0.05) is 12.1 Å². The average Bonchev–Trinajstić information content (AvgIpc) is 3.50. The zero-order valence-electron chi connectivity index (χ0n) is 19.0. The summed E-state index contributed by atoms with van der Waals surface area (Å²) in [5.74, 6) is 2.75. The number of rotatable bonds is 6. The van der Waals surface area contributed by atoms with Crippen molar-refractivity contribution in [1.82, 2.24) is 0 Å². The normalized spacial score (nSPS) is 25.9.